The number of guanidine groups is 1. The van der Waals surface area contributed by atoms with Gasteiger partial charge in [0.2, 0.25) is 0 Å². The van der Waals surface area contributed by atoms with Crippen molar-refractivity contribution in [3.63, 3.8) is 0 Å². The Labute approximate surface area is 132 Å². The lowest BCUT2D eigenvalue weighted by Crippen LogP contribution is -2.42. The lowest BCUT2D eigenvalue weighted by Gasteiger charge is -2.22. The van der Waals surface area contributed by atoms with Crippen LogP contribution in [0.3, 0.4) is 0 Å². The molecular weight excluding hydrogens is 270 g/mol. The van der Waals surface area contributed by atoms with Gasteiger partial charge in [-0.1, -0.05) is 60.7 Å². The molecule has 1 unspecified atom stereocenters. The van der Waals surface area contributed by atoms with Crippen molar-refractivity contribution in [3.8, 4) is 0 Å². The molecule has 0 bridgehead atoms. The lowest BCUT2D eigenvalue weighted by atomic mass is 9.92. The molecule has 0 spiro atoms. The molecule has 3 heteroatoms. The van der Waals surface area contributed by atoms with Crippen LogP contribution in [-0.4, -0.2) is 25.6 Å². The third-order valence-corrected chi connectivity index (χ3v) is 4.01. The third-order valence-electron chi connectivity index (χ3n) is 4.01. The molecule has 1 atom stereocenters. The summed E-state index contributed by atoms with van der Waals surface area (Å²) in [6, 6.07) is 21.4. The predicted octanol–water partition coefficient (Wildman–Crippen LogP) is 2.95. The molecule has 2 aromatic carbocycles. The first-order valence-corrected chi connectivity index (χ1v) is 8.03. The Hall–Kier alpha value is -2.29. The monoisotopic (exact) mass is 293 g/mol. The largest absolute Gasteiger partial charge is 0.356 e. The molecule has 1 aliphatic heterocycles. The second-order valence-electron chi connectivity index (χ2n) is 5.69. The molecule has 114 valence electrons. The summed E-state index contributed by atoms with van der Waals surface area (Å²) in [5, 5.41) is 6.81. The van der Waals surface area contributed by atoms with E-state index in [0.717, 1.165) is 38.4 Å². The zero-order valence-electron chi connectivity index (χ0n) is 12.8. The smallest absolute Gasteiger partial charge is 0.191 e. The minimum atomic E-state index is 0.440. The van der Waals surface area contributed by atoms with Crippen molar-refractivity contribution in [1.29, 1.82) is 0 Å². The standard InChI is InChI=1S/C19H23N3/c1-3-8-16(9-4-1)14-18(17-10-5-2-6-11-17)15-22-19-20-12-7-13-21-19/h1-6,8-11,18H,7,12-15H2,(H2,20,21,22). The van der Waals surface area contributed by atoms with Crippen LogP contribution in [0.25, 0.3) is 0 Å². The second kappa shape index (κ2) is 7.64. The molecule has 3 rings (SSSR count). The maximum atomic E-state index is 4.50. The van der Waals surface area contributed by atoms with Crippen LogP contribution in [0, 0.1) is 0 Å². The molecule has 0 amide bonds. The Morgan fingerprint density at radius 2 is 1.73 bits per heavy atom. The molecule has 0 fully saturated rings. The average molecular weight is 293 g/mol. The van der Waals surface area contributed by atoms with Gasteiger partial charge in [0.15, 0.2) is 5.96 Å². The highest BCUT2D eigenvalue weighted by atomic mass is 15.2. The molecule has 2 N–H and O–H groups in total. The highest BCUT2D eigenvalue weighted by molar-refractivity contribution is 5.80. The minimum absolute atomic E-state index is 0.440. The van der Waals surface area contributed by atoms with Gasteiger partial charge in [-0.25, -0.2) is 0 Å². The van der Waals surface area contributed by atoms with Gasteiger partial charge in [0, 0.05) is 25.6 Å². The Balaban J connectivity index is 1.70. The van der Waals surface area contributed by atoms with Gasteiger partial charge in [0.05, 0.1) is 0 Å². The van der Waals surface area contributed by atoms with Crippen LogP contribution in [0.5, 0.6) is 0 Å². The Bertz CT molecular complexity index is 593. The summed E-state index contributed by atoms with van der Waals surface area (Å²) in [4.78, 5) is 4.50. The van der Waals surface area contributed by atoms with Crippen LogP contribution in [0.1, 0.15) is 23.5 Å². The van der Waals surface area contributed by atoms with Gasteiger partial charge in [-0.15, -0.1) is 0 Å². The number of nitrogens with one attached hydrogen (secondary N) is 2. The number of hydrogen-bond donors (Lipinski definition) is 2. The summed E-state index contributed by atoms with van der Waals surface area (Å²) in [7, 11) is 0. The van der Waals surface area contributed by atoms with Crippen molar-refractivity contribution < 1.29 is 0 Å². The first-order valence-electron chi connectivity index (χ1n) is 8.03. The molecule has 0 radical (unpaired) electrons. The maximum Gasteiger partial charge on any atom is 0.191 e. The van der Waals surface area contributed by atoms with E-state index in [4.69, 9.17) is 0 Å². The van der Waals surface area contributed by atoms with Crippen molar-refractivity contribution in [2.45, 2.75) is 18.8 Å². The van der Waals surface area contributed by atoms with Gasteiger partial charge in [-0.2, -0.15) is 0 Å². The normalized spacial score (nSPS) is 15.5. The van der Waals surface area contributed by atoms with E-state index in [2.05, 4.69) is 76.3 Å². The molecular formula is C19H23N3. The molecule has 22 heavy (non-hydrogen) atoms. The SMILES string of the molecule is c1ccc(CC(CNC2=NCCCN2)c2ccccc2)cc1. The zero-order valence-corrected chi connectivity index (χ0v) is 12.8. The van der Waals surface area contributed by atoms with Gasteiger partial charge in [0.25, 0.3) is 0 Å². The molecule has 1 aliphatic rings. The van der Waals surface area contributed by atoms with Crippen LogP contribution in [0.2, 0.25) is 0 Å². The summed E-state index contributed by atoms with van der Waals surface area (Å²) in [5.41, 5.74) is 2.74. The van der Waals surface area contributed by atoms with E-state index in [-0.39, 0.29) is 0 Å². The van der Waals surface area contributed by atoms with Crippen LogP contribution in [-0.2, 0) is 6.42 Å². The van der Waals surface area contributed by atoms with Crippen molar-refractivity contribution >= 4 is 5.96 Å². The predicted molar refractivity (Wildman–Crippen MR) is 92.3 cm³/mol. The number of rotatable bonds is 5. The van der Waals surface area contributed by atoms with E-state index in [1.54, 1.807) is 0 Å². The third kappa shape index (κ3) is 4.10. The molecule has 2 aromatic rings. The number of hydrogen-bond acceptors (Lipinski definition) is 3. The Morgan fingerprint density at radius 1 is 1.00 bits per heavy atom. The summed E-state index contributed by atoms with van der Waals surface area (Å²) in [5.74, 6) is 1.38. The maximum absolute atomic E-state index is 4.50. The second-order valence-corrected chi connectivity index (χ2v) is 5.69. The summed E-state index contributed by atoms with van der Waals surface area (Å²) >= 11 is 0. The minimum Gasteiger partial charge on any atom is -0.356 e. The van der Waals surface area contributed by atoms with Crippen molar-refractivity contribution in [3.05, 3.63) is 71.8 Å². The molecule has 0 aliphatic carbocycles. The fraction of sp³-hybridized carbons (Fsp3) is 0.316. The van der Waals surface area contributed by atoms with E-state index in [9.17, 15) is 0 Å². The van der Waals surface area contributed by atoms with Gasteiger partial charge < -0.3 is 10.6 Å². The van der Waals surface area contributed by atoms with E-state index in [1.807, 2.05) is 0 Å². The van der Waals surface area contributed by atoms with E-state index in [1.165, 1.54) is 11.1 Å². The highest BCUT2D eigenvalue weighted by Crippen LogP contribution is 2.20. The zero-order chi connectivity index (χ0) is 15.0. The fourth-order valence-electron chi connectivity index (χ4n) is 2.80. The quantitative estimate of drug-likeness (QED) is 0.889. The van der Waals surface area contributed by atoms with Crippen LogP contribution in [0.4, 0.5) is 0 Å². The molecule has 0 saturated heterocycles. The molecule has 0 saturated carbocycles. The summed E-state index contributed by atoms with van der Waals surface area (Å²) < 4.78 is 0. The van der Waals surface area contributed by atoms with Crippen molar-refractivity contribution in [1.82, 2.24) is 10.6 Å². The summed E-state index contributed by atoms with van der Waals surface area (Å²) in [6.07, 6.45) is 2.16. The Morgan fingerprint density at radius 3 is 2.41 bits per heavy atom. The Kier molecular flexibility index (Phi) is 5.09. The average Bonchev–Trinajstić information content (AvgIpc) is 2.61. The summed E-state index contributed by atoms with van der Waals surface area (Å²) in [6.45, 7) is 2.83. The van der Waals surface area contributed by atoms with Gasteiger partial charge in [-0.05, 0) is 24.0 Å². The number of nitrogens with zero attached hydrogens (tertiary/aromatic N) is 1. The molecule has 1 heterocycles. The first kappa shape index (κ1) is 14.6. The van der Waals surface area contributed by atoms with E-state index < -0.39 is 0 Å². The highest BCUT2D eigenvalue weighted by Gasteiger charge is 2.13. The molecule has 0 aromatic heterocycles. The molecule has 3 nitrogen and oxygen atoms in total. The number of benzene rings is 2. The van der Waals surface area contributed by atoms with Gasteiger partial charge in [-0.3, -0.25) is 4.99 Å². The number of aliphatic imine (C=N–C) groups is 1. The van der Waals surface area contributed by atoms with E-state index in [0.29, 0.717) is 5.92 Å². The van der Waals surface area contributed by atoms with Crippen LogP contribution >= 0.6 is 0 Å². The topological polar surface area (TPSA) is 36.4 Å². The lowest BCUT2D eigenvalue weighted by molar-refractivity contribution is 0.629. The van der Waals surface area contributed by atoms with E-state index >= 15 is 0 Å². The van der Waals surface area contributed by atoms with Gasteiger partial charge >= 0.3 is 0 Å². The van der Waals surface area contributed by atoms with Gasteiger partial charge in [0.1, 0.15) is 0 Å². The van der Waals surface area contributed by atoms with Crippen molar-refractivity contribution in [2.75, 3.05) is 19.6 Å². The fourth-order valence-corrected chi connectivity index (χ4v) is 2.80. The van der Waals surface area contributed by atoms with Crippen LogP contribution in [0.15, 0.2) is 65.7 Å². The van der Waals surface area contributed by atoms with Crippen molar-refractivity contribution in [2.24, 2.45) is 4.99 Å². The van der Waals surface area contributed by atoms with Crippen LogP contribution < -0.4 is 10.6 Å². The first-order chi connectivity index (χ1) is 10.9.